The zero-order chi connectivity index (χ0) is 13.0. The van der Waals surface area contributed by atoms with Crippen LogP contribution in [0, 0.1) is 17.1 Å². The fraction of sp³-hybridized carbons (Fsp3) is 0.462. The second kappa shape index (κ2) is 5.80. The quantitative estimate of drug-likeness (QED) is 0.880. The van der Waals surface area contributed by atoms with Crippen LogP contribution in [0.5, 0.6) is 0 Å². The number of benzene rings is 1. The summed E-state index contributed by atoms with van der Waals surface area (Å²) in [6.07, 6.45) is 0.113. The molecule has 5 heteroatoms. The lowest BCUT2D eigenvalue weighted by Gasteiger charge is -2.30. The minimum absolute atomic E-state index is 0.0641. The number of anilines is 1. The van der Waals surface area contributed by atoms with E-state index < -0.39 is 5.82 Å². The molecule has 18 heavy (non-hydrogen) atoms. The van der Waals surface area contributed by atoms with E-state index in [0.29, 0.717) is 12.2 Å². The van der Waals surface area contributed by atoms with Crippen molar-refractivity contribution in [2.45, 2.75) is 6.10 Å². The highest BCUT2D eigenvalue weighted by Gasteiger charge is 2.17. The van der Waals surface area contributed by atoms with E-state index in [0.717, 1.165) is 19.7 Å². The van der Waals surface area contributed by atoms with E-state index >= 15 is 0 Å². The molecule has 1 aliphatic rings. The molecular formula is C13H16FN3O. The fourth-order valence-electron chi connectivity index (χ4n) is 1.94. The van der Waals surface area contributed by atoms with E-state index in [-0.39, 0.29) is 11.7 Å². The summed E-state index contributed by atoms with van der Waals surface area (Å²) in [7, 11) is 2.05. The molecule has 4 nitrogen and oxygen atoms in total. The van der Waals surface area contributed by atoms with Gasteiger partial charge in [0.15, 0.2) is 0 Å². The summed E-state index contributed by atoms with van der Waals surface area (Å²) in [5.74, 6) is -0.496. The lowest BCUT2D eigenvalue weighted by Crippen LogP contribution is -2.43. The Balaban J connectivity index is 1.90. The van der Waals surface area contributed by atoms with Crippen molar-refractivity contribution in [1.82, 2.24) is 4.90 Å². The van der Waals surface area contributed by atoms with Crippen LogP contribution in [-0.4, -0.2) is 44.3 Å². The monoisotopic (exact) mass is 249 g/mol. The third-order valence-corrected chi connectivity index (χ3v) is 2.97. The maximum Gasteiger partial charge on any atom is 0.143 e. The number of nitriles is 1. The van der Waals surface area contributed by atoms with Gasteiger partial charge in [0, 0.05) is 25.3 Å². The molecule has 1 heterocycles. The smallest absolute Gasteiger partial charge is 0.143 e. The first-order valence-corrected chi connectivity index (χ1v) is 5.92. The van der Waals surface area contributed by atoms with Crippen LogP contribution in [0.25, 0.3) is 0 Å². The molecule has 0 radical (unpaired) electrons. The Hall–Kier alpha value is -1.64. The molecule has 1 saturated heterocycles. The minimum Gasteiger partial charge on any atom is -0.382 e. The van der Waals surface area contributed by atoms with Crippen molar-refractivity contribution in [3.8, 4) is 6.07 Å². The highest BCUT2D eigenvalue weighted by Crippen LogP contribution is 2.14. The van der Waals surface area contributed by atoms with Crippen molar-refractivity contribution in [3.63, 3.8) is 0 Å². The molecule has 1 fully saturated rings. The van der Waals surface area contributed by atoms with Gasteiger partial charge in [-0.1, -0.05) is 0 Å². The second-order valence-electron chi connectivity index (χ2n) is 4.44. The van der Waals surface area contributed by atoms with Crippen LogP contribution in [0.2, 0.25) is 0 Å². The van der Waals surface area contributed by atoms with Crippen molar-refractivity contribution in [3.05, 3.63) is 29.6 Å². The first kappa shape index (κ1) is 12.8. The van der Waals surface area contributed by atoms with Crippen molar-refractivity contribution >= 4 is 5.69 Å². The summed E-state index contributed by atoms with van der Waals surface area (Å²) < 4.78 is 19.0. The predicted molar refractivity (Wildman–Crippen MR) is 66.8 cm³/mol. The molecule has 1 aromatic rings. The van der Waals surface area contributed by atoms with Gasteiger partial charge in [-0.25, -0.2) is 4.39 Å². The van der Waals surface area contributed by atoms with E-state index in [9.17, 15) is 4.39 Å². The number of hydrogen-bond donors (Lipinski definition) is 1. The van der Waals surface area contributed by atoms with Crippen LogP contribution in [0.15, 0.2) is 18.2 Å². The summed E-state index contributed by atoms with van der Waals surface area (Å²) in [6.45, 7) is 3.17. The minimum atomic E-state index is -0.496. The van der Waals surface area contributed by atoms with Gasteiger partial charge in [-0.05, 0) is 25.2 Å². The molecule has 1 aromatic carbocycles. The molecule has 96 valence electrons. The average molecular weight is 249 g/mol. The summed E-state index contributed by atoms with van der Waals surface area (Å²) in [5.41, 5.74) is 0.734. The normalized spacial score (nSPS) is 20.4. The number of morpholine rings is 1. The lowest BCUT2D eigenvalue weighted by molar-refractivity contribution is -0.0117. The standard InChI is InChI=1S/C13H16FN3O/c1-17-4-5-18-12(9-17)8-16-11-3-2-10(7-15)13(14)6-11/h2-3,6,12,16H,4-5,8-9H2,1H3. The van der Waals surface area contributed by atoms with Crippen LogP contribution < -0.4 is 5.32 Å². The van der Waals surface area contributed by atoms with E-state index in [2.05, 4.69) is 17.3 Å². The number of ether oxygens (including phenoxy) is 1. The Kier molecular flexibility index (Phi) is 4.13. The third-order valence-electron chi connectivity index (χ3n) is 2.97. The Labute approximate surface area is 106 Å². The number of likely N-dealkylation sites (N-methyl/N-ethyl adjacent to an activating group) is 1. The maximum atomic E-state index is 13.4. The van der Waals surface area contributed by atoms with Gasteiger partial charge in [0.25, 0.3) is 0 Å². The molecular weight excluding hydrogens is 233 g/mol. The fourth-order valence-corrected chi connectivity index (χ4v) is 1.94. The van der Waals surface area contributed by atoms with Crippen LogP contribution >= 0.6 is 0 Å². The largest absolute Gasteiger partial charge is 0.382 e. The second-order valence-corrected chi connectivity index (χ2v) is 4.44. The Morgan fingerprint density at radius 3 is 3.11 bits per heavy atom. The van der Waals surface area contributed by atoms with Gasteiger partial charge in [-0.3, -0.25) is 0 Å². The number of rotatable bonds is 3. The molecule has 0 aromatic heterocycles. The molecule has 0 bridgehead atoms. The highest BCUT2D eigenvalue weighted by atomic mass is 19.1. The zero-order valence-electron chi connectivity index (χ0n) is 10.3. The van der Waals surface area contributed by atoms with E-state index in [1.807, 2.05) is 0 Å². The first-order valence-electron chi connectivity index (χ1n) is 5.92. The van der Waals surface area contributed by atoms with Crippen molar-refractivity contribution < 1.29 is 9.13 Å². The predicted octanol–water partition coefficient (Wildman–Crippen LogP) is 1.44. The summed E-state index contributed by atoms with van der Waals surface area (Å²) in [5, 5.41) is 11.8. The number of nitrogens with one attached hydrogen (secondary N) is 1. The van der Waals surface area contributed by atoms with Gasteiger partial charge < -0.3 is 15.0 Å². The molecule has 1 atom stereocenters. The van der Waals surface area contributed by atoms with Crippen molar-refractivity contribution in [1.29, 1.82) is 5.26 Å². The zero-order valence-corrected chi connectivity index (χ0v) is 10.3. The highest BCUT2D eigenvalue weighted by molar-refractivity contribution is 5.48. The van der Waals surface area contributed by atoms with Crippen LogP contribution in [0.3, 0.4) is 0 Å². The number of nitrogens with zero attached hydrogens (tertiary/aromatic N) is 2. The van der Waals surface area contributed by atoms with Crippen LogP contribution in [0.4, 0.5) is 10.1 Å². The Morgan fingerprint density at radius 2 is 2.44 bits per heavy atom. The average Bonchev–Trinajstić information content (AvgIpc) is 2.37. The summed E-state index contributed by atoms with van der Waals surface area (Å²) >= 11 is 0. The van der Waals surface area contributed by atoms with Gasteiger partial charge in [0.2, 0.25) is 0 Å². The van der Waals surface area contributed by atoms with Crippen LogP contribution in [-0.2, 0) is 4.74 Å². The lowest BCUT2D eigenvalue weighted by atomic mass is 10.2. The van der Waals surface area contributed by atoms with E-state index in [1.54, 1.807) is 12.1 Å². The van der Waals surface area contributed by atoms with Crippen LogP contribution in [0.1, 0.15) is 5.56 Å². The summed E-state index contributed by atoms with van der Waals surface area (Å²) in [4.78, 5) is 2.20. The molecule has 0 saturated carbocycles. The maximum absolute atomic E-state index is 13.4. The SMILES string of the molecule is CN1CCOC(CNc2ccc(C#N)c(F)c2)C1. The van der Waals surface area contributed by atoms with Gasteiger partial charge in [0.05, 0.1) is 18.3 Å². The first-order chi connectivity index (χ1) is 8.69. The van der Waals surface area contributed by atoms with E-state index in [4.69, 9.17) is 10.00 Å². The Bertz CT molecular complexity index is 458. The van der Waals surface area contributed by atoms with Gasteiger partial charge in [0.1, 0.15) is 11.9 Å². The number of halogens is 1. The summed E-state index contributed by atoms with van der Waals surface area (Å²) in [6, 6.07) is 6.32. The molecule has 2 rings (SSSR count). The van der Waals surface area contributed by atoms with E-state index in [1.165, 1.54) is 12.1 Å². The molecule has 0 aliphatic carbocycles. The molecule has 1 unspecified atom stereocenters. The third kappa shape index (κ3) is 3.19. The van der Waals surface area contributed by atoms with Crippen molar-refractivity contribution in [2.24, 2.45) is 0 Å². The van der Waals surface area contributed by atoms with Gasteiger partial charge >= 0.3 is 0 Å². The number of hydrogen-bond acceptors (Lipinski definition) is 4. The topological polar surface area (TPSA) is 48.3 Å². The van der Waals surface area contributed by atoms with Crippen molar-refractivity contribution in [2.75, 3.05) is 38.6 Å². The van der Waals surface area contributed by atoms with Gasteiger partial charge in [-0.15, -0.1) is 0 Å². The molecule has 1 N–H and O–H groups in total. The molecule has 0 spiro atoms. The Morgan fingerprint density at radius 1 is 1.61 bits per heavy atom. The van der Waals surface area contributed by atoms with Gasteiger partial charge in [-0.2, -0.15) is 5.26 Å². The molecule has 1 aliphatic heterocycles. The molecule has 0 amide bonds.